The van der Waals surface area contributed by atoms with Crippen molar-refractivity contribution in [2.45, 2.75) is 58.0 Å². The minimum absolute atomic E-state index is 0.0272. The molecule has 0 spiro atoms. The highest BCUT2D eigenvalue weighted by atomic mass is 19.1. The van der Waals surface area contributed by atoms with E-state index in [1.54, 1.807) is 34.8 Å². The fourth-order valence-electron chi connectivity index (χ4n) is 4.06. The molecule has 0 saturated carbocycles. The fraction of sp³-hybridized carbons (Fsp3) is 0.625. The smallest absolute Gasteiger partial charge is 0.410 e. The molecule has 0 aromatic heterocycles. The normalized spacial score (nSPS) is 20.3. The van der Waals surface area contributed by atoms with Crippen molar-refractivity contribution in [2.24, 2.45) is 11.1 Å². The molecule has 1 aliphatic rings. The number of methoxy groups -OCH3 is 3. The molecule has 0 radical (unpaired) electrons. The lowest BCUT2D eigenvalue weighted by atomic mass is 9.94. The molecule has 2 amide bonds. The lowest BCUT2D eigenvalue weighted by Gasteiger charge is -2.34. The molecule has 1 saturated heterocycles. The molecule has 4 atom stereocenters. The Hall–Kier alpha value is -2.92. The number of hydrogen-bond donors (Lipinski definition) is 2. The van der Waals surface area contributed by atoms with E-state index in [2.05, 4.69) is 10.5 Å². The Morgan fingerprint density at radius 3 is 2.49 bits per heavy atom. The summed E-state index contributed by atoms with van der Waals surface area (Å²) in [5.41, 5.74) is -0.718. The van der Waals surface area contributed by atoms with Gasteiger partial charge in [0.05, 0.1) is 44.4 Å². The van der Waals surface area contributed by atoms with Crippen LogP contribution in [-0.4, -0.2) is 86.1 Å². The van der Waals surface area contributed by atoms with Gasteiger partial charge in [-0.15, -0.1) is 0 Å². The number of oxime groups is 1. The molecule has 2 N–H and O–H groups in total. The molecule has 10 nitrogen and oxygen atoms in total. The molecule has 2 rings (SSSR count). The second kappa shape index (κ2) is 12.2. The van der Waals surface area contributed by atoms with Gasteiger partial charge in [0, 0.05) is 25.8 Å². The molecule has 1 fully saturated rings. The zero-order valence-corrected chi connectivity index (χ0v) is 21.3. The van der Waals surface area contributed by atoms with E-state index in [4.69, 9.17) is 18.9 Å². The number of carbonyl (C=O) groups excluding carboxylic acids is 2. The van der Waals surface area contributed by atoms with Crippen molar-refractivity contribution in [3.05, 3.63) is 29.6 Å². The van der Waals surface area contributed by atoms with Crippen LogP contribution in [0.3, 0.4) is 0 Å². The van der Waals surface area contributed by atoms with Crippen LogP contribution in [0.15, 0.2) is 23.4 Å². The molecule has 35 heavy (non-hydrogen) atoms. The van der Waals surface area contributed by atoms with E-state index in [0.717, 1.165) is 6.07 Å². The largest absolute Gasteiger partial charge is 0.497 e. The Morgan fingerprint density at radius 1 is 1.29 bits per heavy atom. The van der Waals surface area contributed by atoms with Gasteiger partial charge in [0.15, 0.2) is 0 Å². The van der Waals surface area contributed by atoms with Gasteiger partial charge in [-0.1, -0.05) is 12.1 Å². The Labute approximate surface area is 205 Å². The van der Waals surface area contributed by atoms with Crippen LogP contribution >= 0.6 is 0 Å². The summed E-state index contributed by atoms with van der Waals surface area (Å²) in [6.45, 7) is 7.09. The van der Waals surface area contributed by atoms with Crippen LogP contribution in [-0.2, 0) is 19.0 Å². The molecule has 1 heterocycles. The van der Waals surface area contributed by atoms with Crippen molar-refractivity contribution >= 4 is 17.7 Å². The predicted octanol–water partition coefficient (Wildman–Crippen LogP) is 2.80. The van der Waals surface area contributed by atoms with Gasteiger partial charge in [0.2, 0.25) is 5.91 Å². The maximum atomic E-state index is 14.4. The molecule has 1 aromatic carbocycles. The summed E-state index contributed by atoms with van der Waals surface area (Å²) in [6, 6.07) is 3.61. The highest BCUT2D eigenvalue weighted by Gasteiger charge is 2.45. The van der Waals surface area contributed by atoms with Crippen LogP contribution in [0.1, 0.15) is 39.7 Å². The topological polar surface area (TPSA) is 119 Å². The minimum atomic E-state index is -0.703. The van der Waals surface area contributed by atoms with Gasteiger partial charge in [-0.05, 0) is 39.3 Å². The number of carbonyl (C=O) groups is 2. The average Bonchev–Trinajstić information content (AvgIpc) is 3.23. The average molecular weight is 498 g/mol. The minimum Gasteiger partial charge on any atom is -0.497 e. The number of halogens is 1. The third kappa shape index (κ3) is 7.28. The van der Waals surface area contributed by atoms with E-state index in [1.807, 2.05) is 0 Å². The summed E-state index contributed by atoms with van der Waals surface area (Å²) < 4.78 is 36.0. The van der Waals surface area contributed by atoms with Crippen LogP contribution < -0.4 is 10.1 Å². The first kappa shape index (κ1) is 28.3. The van der Waals surface area contributed by atoms with Crippen LogP contribution in [0.5, 0.6) is 5.75 Å². The van der Waals surface area contributed by atoms with Crippen molar-refractivity contribution < 1.29 is 38.1 Å². The molecule has 0 aliphatic carbocycles. The summed E-state index contributed by atoms with van der Waals surface area (Å²) >= 11 is 0. The molecule has 11 heteroatoms. The highest BCUT2D eigenvalue weighted by molar-refractivity contribution is 6.03. The van der Waals surface area contributed by atoms with E-state index in [1.165, 1.54) is 31.3 Å². The van der Waals surface area contributed by atoms with Crippen molar-refractivity contribution in [1.82, 2.24) is 10.2 Å². The van der Waals surface area contributed by atoms with Crippen LogP contribution in [0.2, 0.25) is 0 Å². The Kier molecular flexibility index (Phi) is 9.84. The maximum absolute atomic E-state index is 14.4. The van der Waals surface area contributed by atoms with Crippen LogP contribution in [0.4, 0.5) is 9.18 Å². The number of likely N-dealkylation sites (tertiary alicyclic amines) is 1. The first-order valence-electron chi connectivity index (χ1n) is 11.3. The van der Waals surface area contributed by atoms with Crippen molar-refractivity contribution in [1.29, 1.82) is 0 Å². The second-order valence-electron chi connectivity index (χ2n) is 9.39. The van der Waals surface area contributed by atoms with Gasteiger partial charge < -0.3 is 29.5 Å². The SMILES string of the molecule is COc1ccc(/C(CNC(=O)[C@H](C)[C@@H](OC)C2CC(OC)CN2C(=O)OC(C)(C)C)=N\O)c(F)c1. The number of hydrogen-bond acceptors (Lipinski definition) is 8. The van der Waals surface area contributed by atoms with Gasteiger partial charge in [0.25, 0.3) is 0 Å². The van der Waals surface area contributed by atoms with Gasteiger partial charge in [-0.3, -0.25) is 9.69 Å². The molecule has 1 aliphatic heterocycles. The van der Waals surface area contributed by atoms with Gasteiger partial charge >= 0.3 is 6.09 Å². The number of nitrogens with zero attached hydrogens (tertiary/aromatic N) is 2. The van der Waals surface area contributed by atoms with E-state index in [0.29, 0.717) is 18.7 Å². The first-order chi connectivity index (χ1) is 16.4. The zero-order valence-electron chi connectivity index (χ0n) is 21.3. The third-order valence-electron chi connectivity index (χ3n) is 5.86. The van der Waals surface area contributed by atoms with E-state index in [9.17, 15) is 19.2 Å². The molecular formula is C24H36FN3O7. The Bertz CT molecular complexity index is 919. The van der Waals surface area contributed by atoms with Crippen molar-refractivity contribution in [3.63, 3.8) is 0 Å². The number of ether oxygens (including phenoxy) is 4. The van der Waals surface area contributed by atoms with Crippen LogP contribution in [0.25, 0.3) is 0 Å². The fourth-order valence-corrected chi connectivity index (χ4v) is 4.06. The van der Waals surface area contributed by atoms with Gasteiger partial charge in [0.1, 0.15) is 22.9 Å². The van der Waals surface area contributed by atoms with E-state index >= 15 is 0 Å². The number of amides is 2. The summed E-state index contributed by atoms with van der Waals surface area (Å²) in [6.07, 6.45) is -0.949. The zero-order chi connectivity index (χ0) is 26.3. The summed E-state index contributed by atoms with van der Waals surface area (Å²) in [5, 5.41) is 15.2. The van der Waals surface area contributed by atoms with Crippen molar-refractivity contribution in [3.8, 4) is 5.75 Å². The Balaban J connectivity index is 2.13. The molecule has 2 unspecified atom stereocenters. The standard InChI is InChI=1S/C24H36FN3O7/c1-14(22(29)26-12-19(27-31)17-9-8-15(32-5)10-18(17)25)21(34-7)20-11-16(33-6)13-28(20)23(30)35-24(2,3)4/h8-10,14,16,20-21,31H,11-13H2,1-7H3,(H,26,29)/b27-19-/t14-,16?,20?,21-/m1/s1. The first-order valence-corrected chi connectivity index (χ1v) is 11.3. The predicted molar refractivity (Wildman–Crippen MR) is 126 cm³/mol. The van der Waals surface area contributed by atoms with Crippen molar-refractivity contribution in [2.75, 3.05) is 34.4 Å². The number of benzene rings is 1. The summed E-state index contributed by atoms with van der Waals surface area (Å²) in [7, 11) is 4.44. The van der Waals surface area contributed by atoms with Gasteiger partial charge in [-0.25, -0.2) is 9.18 Å². The molecule has 0 bridgehead atoms. The second-order valence-corrected chi connectivity index (χ2v) is 9.39. The monoisotopic (exact) mass is 497 g/mol. The van der Waals surface area contributed by atoms with Crippen LogP contribution in [0, 0.1) is 11.7 Å². The number of nitrogens with one attached hydrogen (secondary N) is 1. The quantitative estimate of drug-likeness (QED) is 0.306. The van der Waals surface area contributed by atoms with E-state index in [-0.39, 0.29) is 23.9 Å². The molecule has 196 valence electrons. The lowest BCUT2D eigenvalue weighted by Crippen LogP contribution is -2.51. The summed E-state index contributed by atoms with van der Waals surface area (Å²) in [5.74, 6) is -1.47. The maximum Gasteiger partial charge on any atom is 0.410 e. The highest BCUT2D eigenvalue weighted by Crippen LogP contribution is 2.29. The number of rotatable bonds is 9. The molecule has 1 aromatic rings. The van der Waals surface area contributed by atoms with E-state index < -0.39 is 41.5 Å². The van der Waals surface area contributed by atoms with Gasteiger partial charge in [-0.2, -0.15) is 0 Å². The lowest BCUT2D eigenvalue weighted by molar-refractivity contribution is -0.130. The molecular weight excluding hydrogens is 461 g/mol. The Morgan fingerprint density at radius 2 is 1.97 bits per heavy atom. The third-order valence-corrected chi connectivity index (χ3v) is 5.86. The summed E-state index contributed by atoms with van der Waals surface area (Å²) in [4.78, 5) is 27.4.